The molecule has 106 valence electrons. The van der Waals surface area contributed by atoms with Crippen LogP contribution in [0.2, 0.25) is 0 Å². The van der Waals surface area contributed by atoms with Crippen LogP contribution in [-0.4, -0.2) is 30.7 Å². The zero-order valence-electron chi connectivity index (χ0n) is 11.3. The SMILES string of the molecule is CCNC(=O)CCN1C(=O)C(=O)c2cc(Br)cc(C)c21. The molecule has 1 heterocycles. The largest absolute Gasteiger partial charge is 0.356 e. The van der Waals surface area contributed by atoms with Gasteiger partial charge in [0.15, 0.2) is 0 Å². The second-order valence-corrected chi connectivity index (χ2v) is 5.52. The highest BCUT2D eigenvalue weighted by Gasteiger charge is 2.37. The molecule has 1 aromatic rings. The molecule has 20 heavy (non-hydrogen) atoms. The third kappa shape index (κ3) is 2.60. The standard InChI is InChI=1S/C14H15BrN2O3/c1-3-16-11(18)4-5-17-12-8(2)6-9(15)7-10(12)13(19)14(17)20/h6-7H,3-5H2,1-2H3,(H,16,18). The summed E-state index contributed by atoms with van der Waals surface area (Å²) in [4.78, 5) is 36.9. The number of hydrogen-bond donors (Lipinski definition) is 1. The molecule has 6 heteroatoms. The highest BCUT2D eigenvalue weighted by molar-refractivity contribution is 9.10. The van der Waals surface area contributed by atoms with E-state index in [4.69, 9.17) is 0 Å². The first-order chi connectivity index (χ1) is 9.45. The number of amides is 2. The van der Waals surface area contributed by atoms with Crippen LogP contribution in [0.25, 0.3) is 0 Å². The van der Waals surface area contributed by atoms with Crippen molar-refractivity contribution in [3.05, 3.63) is 27.7 Å². The minimum atomic E-state index is -0.564. The van der Waals surface area contributed by atoms with Crippen LogP contribution in [0.4, 0.5) is 5.69 Å². The number of carbonyl (C=O) groups excluding carboxylic acids is 3. The Morgan fingerprint density at radius 3 is 2.70 bits per heavy atom. The van der Waals surface area contributed by atoms with Crippen molar-refractivity contribution >= 4 is 39.2 Å². The van der Waals surface area contributed by atoms with Crippen LogP contribution >= 0.6 is 15.9 Å². The van der Waals surface area contributed by atoms with E-state index in [2.05, 4.69) is 21.2 Å². The molecule has 1 aliphatic heterocycles. The molecule has 2 rings (SSSR count). The van der Waals surface area contributed by atoms with Crippen LogP contribution in [0.5, 0.6) is 0 Å². The molecule has 0 unspecified atom stereocenters. The monoisotopic (exact) mass is 338 g/mol. The van der Waals surface area contributed by atoms with Gasteiger partial charge in [-0.2, -0.15) is 0 Å². The molecule has 0 fully saturated rings. The van der Waals surface area contributed by atoms with Gasteiger partial charge in [-0.1, -0.05) is 15.9 Å². The molecule has 0 aromatic heterocycles. The van der Waals surface area contributed by atoms with E-state index in [-0.39, 0.29) is 18.9 Å². The van der Waals surface area contributed by atoms with E-state index >= 15 is 0 Å². The summed E-state index contributed by atoms with van der Waals surface area (Å²) in [5.41, 5.74) is 1.86. The van der Waals surface area contributed by atoms with Crippen molar-refractivity contribution < 1.29 is 14.4 Å². The Bertz CT molecular complexity index is 598. The Morgan fingerprint density at radius 1 is 1.35 bits per heavy atom. The van der Waals surface area contributed by atoms with E-state index in [1.165, 1.54) is 4.90 Å². The first-order valence-corrected chi connectivity index (χ1v) is 7.18. The summed E-state index contributed by atoms with van der Waals surface area (Å²) >= 11 is 3.32. The van der Waals surface area contributed by atoms with E-state index in [1.54, 1.807) is 6.07 Å². The van der Waals surface area contributed by atoms with E-state index in [9.17, 15) is 14.4 Å². The minimum absolute atomic E-state index is 0.129. The predicted molar refractivity (Wildman–Crippen MR) is 78.9 cm³/mol. The molecule has 0 spiro atoms. The fourth-order valence-electron chi connectivity index (χ4n) is 2.32. The van der Waals surface area contributed by atoms with Gasteiger partial charge in [-0.05, 0) is 31.5 Å². The Hall–Kier alpha value is -1.69. The average Bonchev–Trinajstić information content (AvgIpc) is 2.61. The highest BCUT2D eigenvalue weighted by atomic mass is 79.9. The van der Waals surface area contributed by atoms with Crippen LogP contribution in [0.15, 0.2) is 16.6 Å². The topological polar surface area (TPSA) is 66.5 Å². The van der Waals surface area contributed by atoms with Crippen molar-refractivity contribution in [3.8, 4) is 0 Å². The maximum atomic E-state index is 12.0. The lowest BCUT2D eigenvalue weighted by atomic mass is 10.1. The molecule has 0 radical (unpaired) electrons. The number of anilines is 1. The van der Waals surface area contributed by atoms with Crippen LogP contribution in [-0.2, 0) is 9.59 Å². The number of Topliss-reactive ketones (excluding diaryl/α,β-unsaturated/α-hetero) is 1. The van der Waals surface area contributed by atoms with Gasteiger partial charge in [-0.25, -0.2) is 0 Å². The van der Waals surface area contributed by atoms with Crippen molar-refractivity contribution in [2.24, 2.45) is 0 Å². The predicted octanol–water partition coefficient (Wildman–Crippen LogP) is 1.81. The van der Waals surface area contributed by atoms with Crippen molar-refractivity contribution in [2.45, 2.75) is 20.3 Å². The molecular weight excluding hydrogens is 324 g/mol. The van der Waals surface area contributed by atoms with Gasteiger partial charge in [0.1, 0.15) is 0 Å². The van der Waals surface area contributed by atoms with Crippen molar-refractivity contribution in [3.63, 3.8) is 0 Å². The Balaban J connectivity index is 2.27. The van der Waals surface area contributed by atoms with Gasteiger partial charge in [0, 0.05) is 24.0 Å². The van der Waals surface area contributed by atoms with Gasteiger partial charge in [-0.3, -0.25) is 14.4 Å². The molecule has 1 aromatic carbocycles. The normalized spacial score (nSPS) is 13.7. The molecular formula is C14H15BrN2O3. The van der Waals surface area contributed by atoms with Crippen LogP contribution in [0.3, 0.4) is 0 Å². The lowest BCUT2D eigenvalue weighted by Gasteiger charge is -2.18. The van der Waals surface area contributed by atoms with E-state index < -0.39 is 11.7 Å². The molecule has 0 aliphatic carbocycles. The first-order valence-electron chi connectivity index (χ1n) is 6.38. The fourth-order valence-corrected chi connectivity index (χ4v) is 2.89. The average molecular weight is 339 g/mol. The molecule has 5 nitrogen and oxygen atoms in total. The van der Waals surface area contributed by atoms with E-state index in [1.807, 2.05) is 19.9 Å². The number of ketones is 1. The van der Waals surface area contributed by atoms with Crippen molar-refractivity contribution in [2.75, 3.05) is 18.0 Å². The van der Waals surface area contributed by atoms with Crippen LogP contribution in [0, 0.1) is 6.92 Å². The van der Waals surface area contributed by atoms with Gasteiger partial charge in [0.05, 0.1) is 11.3 Å². The summed E-state index contributed by atoms with van der Waals surface area (Å²) in [6.07, 6.45) is 0.182. The van der Waals surface area contributed by atoms with Gasteiger partial charge in [-0.15, -0.1) is 0 Å². The van der Waals surface area contributed by atoms with Gasteiger partial charge in [0.2, 0.25) is 5.91 Å². The molecule has 1 aliphatic rings. The molecule has 0 saturated carbocycles. The zero-order valence-corrected chi connectivity index (χ0v) is 12.9. The number of halogens is 1. The quantitative estimate of drug-likeness (QED) is 0.851. The number of nitrogens with one attached hydrogen (secondary N) is 1. The molecule has 0 saturated heterocycles. The van der Waals surface area contributed by atoms with Gasteiger partial charge >= 0.3 is 0 Å². The van der Waals surface area contributed by atoms with Crippen molar-refractivity contribution in [1.82, 2.24) is 5.32 Å². The van der Waals surface area contributed by atoms with E-state index in [0.717, 1.165) is 10.0 Å². The number of carbonyl (C=O) groups is 3. The Labute approximate surface area is 125 Å². The second kappa shape index (κ2) is 5.75. The Morgan fingerprint density at radius 2 is 2.05 bits per heavy atom. The van der Waals surface area contributed by atoms with Gasteiger partial charge in [0.25, 0.3) is 11.7 Å². The van der Waals surface area contributed by atoms with Gasteiger partial charge < -0.3 is 10.2 Å². The summed E-state index contributed by atoms with van der Waals surface area (Å²) in [7, 11) is 0. The molecule has 2 amide bonds. The molecule has 0 bridgehead atoms. The third-order valence-electron chi connectivity index (χ3n) is 3.16. The number of benzene rings is 1. The molecule has 0 atom stereocenters. The number of hydrogen-bond acceptors (Lipinski definition) is 3. The number of fused-ring (bicyclic) bond motifs is 1. The zero-order chi connectivity index (χ0) is 14.9. The van der Waals surface area contributed by atoms with Crippen molar-refractivity contribution in [1.29, 1.82) is 0 Å². The fraction of sp³-hybridized carbons (Fsp3) is 0.357. The lowest BCUT2D eigenvalue weighted by Crippen LogP contribution is -2.34. The maximum absolute atomic E-state index is 12.0. The molecule has 1 N–H and O–H groups in total. The summed E-state index contributed by atoms with van der Waals surface area (Å²) in [6, 6.07) is 3.50. The first kappa shape index (κ1) is 14.7. The lowest BCUT2D eigenvalue weighted by molar-refractivity contribution is -0.120. The smallest absolute Gasteiger partial charge is 0.299 e. The summed E-state index contributed by atoms with van der Waals surface area (Å²) in [5, 5.41) is 2.67. The van der Waals surface area contributed by atoms with Crippen LogP contribution in [0.1, 0.15) is 29.3 Å². The van der Waals surface area contributed by atoms with E-state index in [0.29, 0.717) is 17.8 Å². The maximum Gasteiger partial charge on any atom is 0.299 e. The van der Waals surface area contributed by atoms with Crippen LogP contribution < -0.4 is 10.2 Å². The summed E-state index contributed by atoms with van der Waals surface area (Å²) in [5.74, 6) is -1.21. The Kier molecular flexibility index (Phi) is 4.23. The minimum Gasteiger partial charge on any atom is -0.356 e. The number of nitrogens with zero attached hydrogens (tertiary/aromatic N) is 1. The number of aryl methyl sites for hydroxylation is 1. The summed E-state index contributed by atoms with van der Waals surface area (Å²) < 4.78 is 0.764. The number of rotatable bonds is 4. The second-order valence-electron chi connectivity index (χ2n) is 4.61. The third-order valence-corrected chi connectivity index (χ3v) is 3.61. The summed E-state index contributed by atoms with van der Waals surface area (Å²) in [6.45, 7) is 4.44. The highest BCUT2D eigenvalue weighted by Crippen LogP contribution is 2.34.